The summed E-state index contributed by atoms with van der Waals surface area (Å²) in [5.74, 6) is 0.649. The molecule has 0 aliphatic heterocycles. The topological polar surface area (TPSA) is 57.0 Å². The molecule has 4 N–H and O–H groups in total. The highest BCUT2D eigenvalue weighted by atomic mass is 15.1. The van der Waals surface area contributed by atoms with Gasteiger partial charge in [0.2, 0.25) is 0 Å². The van der Waals surface area contributed by atoms with Gasteiger partial charge in [-0.1, -0.05) is 30.3 Å². The standard InChI is InChI=1S/C12H15N3/c1-9-7-15(12(14)11(9)13)8-10-5-3-2-4-6-10/h2-7H,8,13-14H2,1H3. The number of benzene rings is 1. The van der Waals surface area contributed by atoms with Crippen molar-refractivity contribution in [2.45, 2.75) is 13.5 Å². The third kappa shape index (κ3) is 1.81. The zero-order chi connectivity index (χ0) is 10.8. The van der Waals surface area contributed by atoms with Crippen LogP contribution in [-0.2, 0) is 6.54 Å². The van der Waals surface area contributed by atoms with E-state index in [1.54, 1.807) is 0 Å². The van der Waals surface area contributed by atoms with E-state index in [1.807, 2.05) is 35.9 Å². The SMILES string of the molecule is Cc1cn(Cc2ccccc2)c(N)c1N. The third-order valence-electron chi connectivity index (χ3n) is 2.56. The Morgan fingerprint density at radius 2 is 1.80 bits per heavy atom. The van der Waals surface area contributed by atoms with Crippen molar-refractivity contribution in [3.05, 3.63) is 47.7 Å². The Morgan fingerprint density at radius 3 is 2.33 bits per heavy atom. The maximum Gasteiger partial charge on any atom is 0.127 e. The smallest absolute Gasteiger partial charge is 0.127 e. The van der Waals surface area contributed by atoms with Crippen LogP contribution in [0.3, 0.4) is 0 Å². The first-order chi connectivity index (χ1) is 7.18. The van der Waals surface area contributed by atoms with Crippen molar-refractivity contribution in [1.29, 1.82) is 0 Å². The van der Waals surface area contributed by atoms with Gasteiger partial charge in [-0.3, -0.25) is 0 Å². The molecule has 0 radical (unpaired) electrons. The monoisotopic (exact) mass is 201 g/mol. The summed E-state index contributed by atoms with van der Waals surface area (Å²) >= 11 is 0. The summed E-state index contributed by atoms with van der Waals surface area (Å²) in [6.07, 6.45) is 1.98. The summed E-state index contributed by atoms with van der Waals surface area (Å²) in [6.45, 7) is 2.73. The van der Waals surface area contributed by atoms with Crippen LogP contribution in [-0.4, -0.2) is 4.57 Å². The molecule has 0 bridgehead atoms. The van der Waals surface area contributed by atoms with Gasteiger partial charge >= 0.3 is 0 Å². The number of anilines is 2. The number of rotatable bonds is 2. The molecule has 0 aliphatic carbocycles. The molecule has 0 aliphatic rings. The van der Waals surface area contributed by atoms with E-state index in [2.05, 4.69) is 12.1 Å². The van der Waals surface area contributed by atoms with Gasteiger partial charge in [0.15, 0.2) is 0 Å². The van der Waals surface area contributed by atoms with Crippen molar-refractivity contribution < 1.29 is 0 Å². The first-order valence-corrected chi connectivity index (χ1v) is 4.93. The van der Waals surface area contributed by atoms with E-state index < -0.39 is 0 Å². The number of aryl methyl sites for hydroxylation is 1. The molecular formula is C12H15N3. The van der Waals surface area contributed by atoms with Gasteiger partial charge in [-0.05, 0) is 18.1 Å². The van der Waals surface area contributed by atoms with Gasteiger partial charge in [-0.25, -0.2) is 0 Å². The predicted octanol–water partition coefficient (Wildman–Crippen LogP) is 2.01. The Hall–Kier alpha value is -1.90. The van der Waals surface area contributed by atoms with Crippen LogP contribution in [0.2, 0.25) is 0 Å². The number of hydrogen-bond acceptors (Lipinski definition) is 2. The lowest BCUT2D eigenvalue weighted by atomic mass is 10.2. The lowest BCUT2D eigenvalue weighted by Crippen LogP contribution is -2.04. The molecule has 0 saturated heterocycles. The number of aromatic nitrogens is 1. The first kappa shape index (κ1) is 9.65. The number of hydrogen-bond donors (Lipinski definition) is 2. The van der Waals surface area contributed by atoms with Crippen LogP contribution in [0.5, 0.6) is 0 Å². The largest absolute Gasteiger partial charge is 0.396 e. The number of nitrogens with zero attached hydrogens (tertiary/aromatic N) is 1. The van der Waals surface area contributed by atoms with E-state index in [0.717, 1.165) is 12.1 Å². The van der Waals surface area contributed by atoms with Crippen LogP contribution < -0.4 is 11.5 Å². The Morgan fingerprint density at radius 1 is 1.13 bits per heavy atom. The molecule has 1 aromatic heterocycles. The number of nitrogens with two attached hydrogens (primary N) is 2. The van der Waals surface area contributed by atoms with Crippen molar-refractivity contribution in [2.75, 3.05) is 11.5 Å². The molecule has 3 nitrogen and oxygen atoms in total. The molecular weight excluding hydrogens is 186 g/mol. The fourth-order valence-electron chi connectivity index (χ4n) is 1.64. The Kier molecular flexibility index (Phi) is 2.37. The van der Waals surface area contributed by atoms with Crippen molar-refractivity contribution in [2.24, 2.45) is 0 Å². The summed E-state index contributed by atoms with van der Waals surface area (Å²) in [4.78, 5) is 0. The molecule has 0 saturated carbocycles. The third-order valence-corrected chi connectivity index (χ3v) is 2.56. The molecule has 1 heterocycles. The summed E-state index contributed by atoms with van der Waals surface area (Å²) in [7, 11) is 0. The van der Waals surface area contributed by atoms with Crippen LogP contribution in [0, 0.1) is 6.92 Å². The van der Waals surface area contributed by atoms with Gasteiger partial charge in [-0.2, -0.15) is 0 Å². The lowest BCUT2D eigenvalue weighted by molar-refractivity contribution is 0.816. The van der Waals surface area contributed by atoms with Crippen LogP contribution in [0.15, 0.2) is 36.5 Å². The molecule has 0 amide bonds. The maximum absolute atomic E-state index is 5.89. The van der Waals surface area contributed by atoms with E-state index in [1.165, 1.54) is 5.56 Å². The highest BCUT2D eigenvalue weighted by Gasteiger charge is 2.06. The Balaban J connectivity index is 2.29. The van der Waals surface area contributed by atoms with Gasteiger partial charge in [-0.15, -0.1) is 0 Å². The average Bonchev–Trinajstić information content (AvgIpc) is 2.48. The van der Waals surface area contributed by atoms with Gasteiger partial charge in [0, 0.05) is 12.7 Å². The highest BCUT2D eigenvalue weighted by Crippen LogP contribution is 2.22. The maximum atomic E-state index is 5.89. The summed E-state index contributed by atoms with van der Waals surface area (Å²) in [5.41, 5.74) is 14.6. The van der Waals surface area contributed by atoms with Crippen molar-refractivity contribution in [3.63, 3.8) is 0 Å². The summed E-state index contributed by atoms with van der Waals surface area (Å²) in [5, 5.41) is 0. The minimum absolute atomic E-state index is 0.649. The minimum Gasteiger partial charge on any atom is -0.396 e. The Labute approximate surface area is 89.3 Å². The van der Waals surface area contributed by atoms with Crippen molar-refractivity contribution in [3.8, 4) is 0 Å². The van der Waals surface area contributed by atoms with Crippen LogP contribution in [0.4, 0.5) is 11.5 Å². The molecule has 2 aromatic rings. The van der Waals surface area contributed by atoms with Gasteiger partial charge in [0.1, 0.15) is 5.82 Å². The second kappa shape index (κ2) is 3.69. The van der Waals surface area contributed by atoms with Gasteiger partial charge in [0.05, 0.1) is 5.69 Å². The zero-order valence-electron chi connectivity index (χ0n) is 8.77. The molecule has 0 spiro atoms. The molecule has 78 valence electrons. The van der Waals surface area contributed by atoms with E-state index in [9.17, 15) is 0 Å². The van der Waals surface area contributed by atoms with Crippen LogP contribution in [0.25, 0.3) is 0 Å². The fourth-order valence-corrected chi connectivity index (χ4v) is 1.64. The van der Waals surface area contributed by atoms with Crippen molar-refractivity contribution in [1.82, 2.24) is 4.57 Å². The zero-order valence-corrected chi connectivity index (χ0v) is 8.77. The lowest BCUT2D eigenvalue weighted by Gasteiger charge is -2.05. The Bertz CT molecular complexity index is 457. The number of nitrogen functional groups attached to an aromatic ring is 2. The quantitative estimate of drug-likeness (QED) is 0.780. The average molecular weight is 201 g/mol. The minimum atomic E-state index is 0.649. The normalized spacial score (nSPS) is 10.5. The van der Waals surface area contributed by atoms with Gasteiger partial charge in [0.25, 0.3) is 0 Å². The van der Waals surface area contributed by atoms with E-state index in [-0.39, 0.29) is 0 Å². The van der Waals surface area contributed by atoms with Crippen LogP contribution in [0.1, 0.15) is 11.1 Å². The highest BCUT2D eigenvalue weighted by molar-refractivity contribution is 5.64. The molecule has 0 atom stereocenters. The molecule has 3 heteroatoms. The molecule has 15 heavy (non-hydrogen) atoms. The molecule has 1 aromatic carbocycles. The van der Waals surface area contributed by atoms with E-state index in [4.69, 9.17) is 11.5 Å². The summed E-state index contributed by atoms with van der Waals surface area (Å²) < 4.78 is 1.97. The second-order valence-electron chi connectivity index (χ2n) is 3.72. The predicted molar refractivity (Wildman–Crippen MR) is 63.5 cm³/mol. The second-order valence-corrected chi connectivity index (χ2v) is 3.72. The van der Waals surface area contributed by atoms with Crippen molar-refractivity contribution >= 4 is 11.5 Å². The molecule has 0 unspecified atom stereocenters. The fraction of sp³-hybridized carbons (Fsp3) is 0.167. The van der Waals surface area contributed by atoms with Crippen LogP contribution >= 0.6 is 0 Å². The van der Waals surface area contributed by atoms with E-state index >= 15 is 0 Å². The summed E-state index contributed by atoms with van der Waals surface area (Å²) in [6, 6.07) is 10.2. The molecule has 2 rings (SSSR count). The van der Waals surface area contributed by atoms with Gasteiger partial charge < -0.3 is 16.0 Å². The van der Waals surface area contributed by atoms with E-state index in [0.29, 0.717) is 11.5 Å². The first-order valence-electron chi connectivity index (χ1n) is 4.93. The molecule has 0 fully saturated rings.